The molecule has 0 spiro atoms. The third-order valence-electron chi connectivity index (χ3n) is 7.55. The highest BCUT2D eigenvalue weighted by molar-refractivity contribution is 8.00. The molecule has 3 amide bonds. The molecule has 2 aliphatic rings. The number of imide groups is 1. The van der Waals surface area contributed by atoms with E-state index in [1.165, 1.54) is 42.5 Å². The first-order chi connectivity index (χ1) is 22.5. The molecule has 3 atom stereocenters. The standard InChI is InChI=1S/C32H24F3N3O7S2/c1-2-44-30(42)16-10-12-18(13-11-16)38-28(40)24-23(25-27(37-31(43)47-25)46-26(24)29(38)41)17-6-5-7-19(14-17)45-15-22(39)36-21-9-4-3-8-20(21)32(33,34)35/h3-14,23-24,26H,2,15H2,1H3,(H,36,39)(H,37,43). The fraction of sp³-hybridized carbons (Fsp3) is 0.219. The molecule has 0 bridgehead atoms. The Balaban J connectivity index is 1.25. The number of nitrogens with one attached hydrogen (secondary N) is 2. The molecule has 1 fully saturated rings. The second kappa shape index (κ2) is 12.7. The van der Waals surface area contributed by atoms with Gasteiger partial charge >= 0.3 is 17.0 Å². The van der Waals surface area contributed by atoms with Crippen LogP contribution in [0.25, 0.3) is 0 Å². The van der Waals surface area contributed by atoms with E-state index >= 15 is 0 Å². The van der Waals surface area contributed by atoms with E-state index in [2.05, 4.69) is 10.3 Å². The summed E-state index contributed by atoms with van der Waals surface area (Å²) in [6, 6.07) is 16.9. The second-order valence-corrected chi connectivity index (χ2v) is 12.6. The number of halogens is 3. The highest BCUT2D eigenvalue weighted by Gasteiger charge is 2.56. The third-order valence-corrected chi connectivity index (χ3v) is 9.96. The highest BCUT2D eigenvalue weighted by Crippen LogP contribution is 2.53. The van der Waals surface area contributed by atoms with E-state index < -0.39 is 64.8 Å². The Morgan fingerprint density at radius 2 is 1.72 bits per heavy atom. The first kappa shape index (κ1) is 32.1. The lowest BCUT2D eigenvalue weighted by Crippen LogP contribution is -2.32. The number of thioether (sulfide) groups is 1. The van der Waals surface area contributed by atoms with Gasteiger partial charge in [0.05, 0.1) is 40.1 Å². The molecule has 1 saturated heterocycles. The van der Waals surface area contributed by atoms with Crippen molar-refractivity contribution in [1.82, 2.24) is 4.98 Å². The fourth-order valence-electron chi connectivity index (χ4n) is 5.56. The Labute approximate surface area is 272 Å². The lowest BCUT2D eigenvalue weighted by molar-refractivity contribution is -0.137. The van der Waals surface area contributed by atoms with Gasteiger partial charge in [-0.1, -0.05) is 47.4 Å². The number of aromatic amines is 1. The van der Waals surface area contributed by atoms with Gasteiger partial charge in [-0.15, -0.1) is 0 Å². The first-order valence-corrected chi connectivity index (χ1v) is 15.9. The largest absolute Gasteiger partial charge is 0.484 e. The molecular formula is C32H24F3N3O7S2. The van der Waals surface area contributed by atoms with Crippen LogP contribution in [0.3, 0.4) is 0 Å². The minimum Gasteiger partial charge on any atom is -0.484 e. The molecule has 1 aromatic heterocycles. The van der Waals surface area contributed by atoms with Crippen LogP contribution in [0.1, 0.15) is 39.2 Å². The van der Waals surface area contributed by atoms with Crippen LogP contribution in [0.4, 0.5) is 24.5 Å². The number of carbonyl (C=O) groups is 4. The number of para-hydroxylation sites is 1. The van der Waals surface area contributed by atoms with Gasteiger partial charge in [0.25, 0.3) is 5.91 Å². The van der Waals surface area contributed by atoms with Gasteiger partial charge in [0.1, 0.15) is 11.0 Å². The molecule has 2 N–H and O–H groups in total. The Hall–Kier alpha value is -4.89. The number of amides is 3. The molecule has 3 aromatic carbocycles. The summed E-state index contributed by atoms with van der Waals surface area (Å²) >= 11 is 2.02. The number of nitrogens with zero attached hydrogens (tertiary/aromatic N) is 1. The van der Waals surface area contributed by atoms with Crippen LogP contribution in [0.2, 0.25) is 0 Å². The van der Waals surface area contributed by atoms with Gasteiger partial charge in [0, 0.05) is 10.8 Å². The zero-order chi connectivity index (χ0) is 33.5. The zero-order valence-electron chi connectivity index (χ0n) is 24.3. The molecule has 0 saturated carbocycles. The van der Waals surface area contributed by atoms with Crippen LogP contribution in [-0.4, -0.2) is 47.1 Å². The minimum absolute atomic E-state index is 0.184. The average Bonchev–Trinajstić information content (AvgIpc) is 3.53. The number of rotatable bonds is 8. The number of carbonyl (C=O) groups excluding carboxylic acids is 4. The lowest BCUT2D eigenvalue weighted by Gasteiger charge is -2.30. The maximum Gasteiger partial charge on any atom is 0.418 e. The van der Waals surface area contributed by atoms with Gasteiger partial charge in [-0.2, -0.15) is 13.2 Å². The third kappa shape index (κ3) is 6.27. The quantitative estimate of drug-likeness (QED) is 0.185. The van der Waals surface area contributed by atoms with Crippen molar-refractivity contribution < 1.29 is 41.8 Å². The van der Waals surface area contributed by atoms with Crippen molar-refractivity contribution in [2.24, 2.45) is 5.92 Å². The molecule has 3 heterocycles. The van der Waals surface area contributed by atoms with E-state index in [0.717, 1.165) is 40.1 Å². The Kier molecular flexibility index (Phi) is 8.68. The molecule has 0 radical (unpaired) electrons. The summed E-state index contributed by atoms with van der Waals surface area (Å²) in [5, 5.41) is 1.80. The first-order valence-electron chi connectivity index (χ1n) is 14.2. The van der Waals surface area contributed by atoms with E-state index in [1.807, 2.05) is 0 Å². The van der Waals surface area contributed by atoms with E-state index in [-0.39, 0.29) is 28.5 Å². The molecule has 6 rings (SSSR count). The van der Waals surface area contributed by atoms with Crippen LogP contribution in [0.15, 0.2) is 82.6 Å². The summed E-state index contributed by atoms with van der Waals surface area (Å²) in [6.45, 7) is 1.25. The molecule has 47 heavy (non-hydrogen) atoms. The predicted octanol–water partition coefficient (Wildman–Crippen LogP) is 5.45. The number of ether oxygens (including phenoxy) is 2. The number of aromatic nitrogens is 1. The number of esters is 1. The molecule has 3 unspecified atom stereocenters. The van der Waals surface area contributed by atoms with Crippen molar-refractivity contribution in [3.63, 3.8) is 0 Å². The number of H-pyrrole nitrogens is 1. The Morgan fingerprint density at radius 3 is 2.45 bits per heavy atom. The van der Waals surface area contributed by atoms with Crippen molar-refractivity contribution in [2.75, 3.05) is 23.4 Å². The summed E-state index contributed by atoms with van der Waals surface area (Å²) in [6.07, 6.45) is -4.67. The van der Waals surface area contributed by atoms with Gasteiger partial charge in [0.2, 0.25) is 11.8 Å². The second-order valence-electron chi connectivity index (χ2n) is 10.5. The molecular weight excluding hydrogens is 659 g/mol. The number of hydrogen-bond acceptors (Lipinski definition) is 9. The molecule has 10 nitrogen and oxygen atoms in total. The monoisotopic (exact) mass is 683 g/mol. The smallest absolute Gasteiger partial charge is 0.418 e. The summed E-state index contributed by atoms with van der Waals surface area (Å²) in [5.41, 5.74) is -0.352. The average molecular weight is 684 g/mol. The minimum atomic E-state index is -4.67. The lowest BCUT2D eigenvalue weighted by atomic mass is 9.83. The van der Waals surface area contributed by atoms with Gasteiger partial charge in [0.15, 0.2) is 6.61 Å². The Bertz CT molecular complexity index is 1940. The van der Waals surface area contributed by atoms with Crippen molar-refractivity contribution in [1.29, 1.82) is 0 Å². The van der Waals surface area contributed by atoms with Crippen LogP contribution >= 0.6 is 23.1 Å². The predicted molar refractivity (Wildman–Crippen MR) is 167 cm³/mol. The van der Waals surface area contributed by atoms with Crippen LogP contribution in [0, 0.1) is 5.92 Å². The summed E-state index contributed by atoms with van der Waals surface area (Å²) in [5.74, 6) is -3.81. The number of hydrogen-bond donors (Lipinski definition) is 2. The Morgan fingerprint density at radius 1 is 0.979 bits per heavy atom. The van der Waals surface area contributed by atoms with Gasteiger partial charge in [-0.05, 0) is 61.0 Å². The topological polar surface area (TPSA) is 135 Å². The normalized spacial score (nSPS) is 18.8. The van der Waals surface area contributed by atoms with Crippen LogP contribution in [0.5, 0.6) is 5.75 Å². The maximum atomic E-state index is 14.0. The number of benzene rings is 3. The highest BCUT2D eigenvalue weighted by atomic mass is 32.2. The van der Waals surface area contributed by atoms with E-state index in [0.29, 0.717) is 15.5 Å². The van der Waals surface area contributed by atoms with E-state index in [1.54, 1.807) is 25.1 Å². The number of thiazole rings is 1. The molecule has 15 heteroatoms. The summed E-state index contributed by atoms with van der Waals surface area (Å²) < 4.78 is 50.7. The van der Waals surface area contributed by atoms with Crippen molar-refractivity contribution in [3.8, 4) is 5.75 Å². The van der Waals surface area contributed by atoms with E-state index in [4.69, 9.17) is 9.47 Å². The molecule has 242 valence electrons. The number of fused-ring (bicyclic) bond motifs is 2. The van der Waals surface area contributed by atoms with Crippen LogP contribution < -0.4 is 19.8 Å². The van der Waals surface area contributed by atoms with E-state index in [9.17, 15) is 37.1 Å². The van der Waals surface area contributed by atoms with Gasteiger partial charge in [-0.25, -0.2) is 9.69 Å². The molecule has 2 aliphatic heterocycles. The number of anilines is 2. The summed E-state index contributed by atoms with van der Waals surface area (Å²) in [7, 11) is 0. The van der Waals surface area contributed by atoms with Gasteiger partial charge < -0.3 is 19.8 Å². The summed E-state index contributed by atoms with van der Waals surface area (Å²) in [4.78, 5) is 68.8. The van der Waals surface area contributed by atoms with Crippen LogP contribution in [-0.2, 0) is 25.3 Å². The maximum absolute atomic E-state index is 14.0. The van der Waals surface area contributed by atoms with Crippen molar-refractivity contribution in [2.45, 2.75) is 29.3 Å². The SMILES string of the molecule is CCOC(=O)c1ccc(N2C(=O)C3Sc4[nH]c(=O)sc4C(c4cccc(OCC(=O)Nc5ccccc5C(F)(F)F)c4)C3C2=O)cc1. The zero-order valence-corrected chi connectivity index (χ0v) is 26.0. The molecule has 4 aromatic rings. The van der Waals surface area contributed by atoms with Crippen molar-refractivity contribution >= 4 is 58.2 Å². The van der Waals surface area contributed by atoms with Gasteiger partial charge in [-0.3, -0.25) is 19.2 Å². The molecule has 0 aliphatic carbocycles. The fourth-order valence-corrected chi connectivity index (χ4v) is 8.08. The number of alkyl halides is 3. The van der Waals surface area contributed by atoms with Crippen molar-refractivity contribution in [3.05, 3.63) is 104 Å².